The molecule has 18 heavy (non-hydrogen) atoms. The smallest absolute Gasteiger partial charge is 0.141 e. The van der Waals surface area contributed by atoms with E-state index >= 15 is 0 Å². The summed E-state index contributed by atoms with van der Waals surface area (Å²) < 4.78 is 6.73. The minimum Gasteiger partial charge on any atom is -0.456 e. The lowest BCUT2D eigenvalue weighted by molar-refractivity contribution is 0.281. The Morgan fingerprint density at radius 3 is 2.56 bits per heavy atom. The molecule has 0 saturated carbocycles. The van der Waals surface area contributed by atoms with Crippen LogP contribution in [0.15, 0.2) is 40.9 Å². The Labute approximate surface area is 115 Å². The third-order valence-electron chi connectivity index (χ3n) is 2.95. The first-order chi connectivity index (χ1) is 8.61. The number of benzene rings is 2. The van der Waals surface area contributed by atoms with Crippen molar-refractivity contribution in [1.29, 1.82) is 0 Å². The van der Waals surface area contributed by atoms with Gasteiger partial charge in [0.2, 0.25) is 0 Å². The van der Waals surface area contributed by atoms with Gasteiger partial charge in [-0.2, -0.15) is 0 Å². The molecule has 0 aromatic heterocycles. The van der Waals surface area contributed by atoms with E-state index in [0.29, 0.717) is 0 Å². The van der Waals surface area contributed by atoms with Crippen molar-refractivity contribution in [2.75, 3.05) is 0 Å². The van der Waals surface area contributed by atoms with Crippen LogP contribution in [0.5, 0.6) is 11.5 Å². The topological polar surface area (TPSA) is 29.5 Å². The van der Waals surface area contributed by atoms with Gasteiger partial charge in [0.25, 0.3) is 0 Å². The second-order valence-electron chi connectivity index (χ2n) is 4.22. The van der Waals surface area contributed by atoms with Gasteiger partial charge in [0.15, 0.2) is 0 Å². The molecule has 0 amide bonds. The molecule has 3 heteroatoms. The standard InChI is InChI=1S/C15H15BrO2/c1-10-4-3-5-14(11(10)2)18-15-7-6-12(9-17)8-13(15)16/h3-8,17H,9H2,1-2H3. The van der Waals surface area contributed by atoms with Crippen LogP contribution in [0.1, 0.15) is 16.7 Å². The number of ether oxygens (including phenoxy) is 1. The zero-order chi connectivity index (χ0) is 13.1. The summed E-state index contributed by atoms with van der Waals surface area (Å²) in [5.74, 6) is 1.60. The molecular formula is C15H15BrO2. The summed E-state index contributed by atoms with van der Waals surface area (Å²) in [4.78, 5) is 0. The van der Waals surface area contributed by atoms with Crippen molar-refractivity contribution >= 4 is 15.9 Å². The zero-order valence-corrected chi connectivity index (χ0v) is 12.0. The van der Waals surface area contributed by atoms with E-state index in [4.69, 9.17) is 9.84 Å². The molecule has 0 radical (unpaired) electrons. The van der Waals surface area contributed by atoms with Gasteiger partial charge in [-0.1, -0.05) is 18.2 Å². The van der Waals surface area contributed by atoms with Crippen molar-refractivity contribution < 1.29 is 9.84 Å². The van der Waals surface area contributed by atoms with Crippen molar-refractivity contribution in [3.05, 3.63) is 57.6 Å². The molecule has 0 spiro atoms. The maximum Gasteiger partial charge on any atom is 0.141 e. The number of halogens is 1. The number of rotatable bonds is 3. The van der Waals surface area contributed by atoms with E-state index in [-0.39, 0.29) is 6.61 Å². The molecule has 0 heterocycles. The Morgan fingerprint density at radius 2 is 1.89 bits per heavy atom. The SMILES string of the molecule is Cc1cccc(Oc2ccc(CO)cc2Br)c1C. The van der Waals surface area contributed by atoms with Crippen LogP contribution in [-0.2, 0) is 6.61 Å². The van der Waals surface area contributed by atoms with E-state index in [1.54, 1.807) is 0 Å². The Kier molecular flexibility index (Phi) is 4.04. The lowest BCUT2D eigenvalue weighted by atomic mass is 10.1. The van der Waals surface area contributed by atoms with E-state index in [9.17, 15) is 0 Å². The molecule has 1 N–H and O–H groups in total. The van der Waals surface area contributed by atoms with Crippen LogP contribution in [0, 0.1) is 13.8 Å². The monoisotopic (exact) mass is 306 g/mol. The first kappa shape index (κ1) is 13.1. The summed E-state index contributed by atoms with van der Waals surface area (Å²) >= 11 is 3.45. The van der Waals surface area contributed by atoms with E-state index in [1.165, 1.54) is 5.56 Å². The van der Waals surface area contributed by atoms with Gasteiger partial charge in [0.05, 0.1) is 11.1 Å². The van der Waals surface area contributed by atoms with Crippen LogP contribution in [0.25, 0.3) is 0 Å². The summed E-state index contributed by atoms with van der Waals surface area (Å²) in [6.07, 6.45) is 0. The number of hydrogen-bond donors (Lipinski definition) is 1. The van der Waals surface area contributed by atoms with Crippen LogP contribution >= 0.6 is 15.9 Å². The minimum absolute atomic E-state index is 0.0301. The van der Waals surface area contributed by atoms with Crippen LogP contribution < -0.4 is 4.74 Å². The minimum atomic E-state index is 0.0301. The second-order valence-corrected chi connectivity index (χ2v) is 5.08. The average molecular weight is 307 g/mol. The highest BCUT2D eigenvalue weighted by atomic mass is 79.9. The summed E-state index contributed by atoms with van der Waals surface area (Å²) in [6, 6.07) is 11.6. The molecule has 0 saturated heterocycles. The Morgan fingerprint density at radius 1 is 1.11 bits per heavy atom. The molecule has 0 fully saturated rings. The van der Waals surface area contributed by atoms with Crippen LogP contribution in [0.3, 0.4) is 0 Å². The second kappa shape index (κ2) is 5.55. The number of aryl methyl sites for hydroxylation is 1. The van der Waals surface area contributed by atoms with Gasteiger partial charge < -0.3 is 9.84 Å². The van der Waals surface area contributed by atoms with Gasteiger partial charge in [-0.25, -0.2) is 0 Å². The first-order valence-corrected chi connectivity index (χ1v) is 6.54. The zero-order valence-electron chi connectivity index (χ0n) is 10.4. The quantitative estimate of drug-likeness (QED) is 0.913. The Balaban J connectivity index is 2.31. The molecule has 2 aromatic carbocycles. The molecule has 2 rings (SSSR count). The predicted molar refractivity (Wildman–Crippen MR) is 76.1 cm³/mol. The fourth-order valence-electron chi connectivity index (χ4n) is 1.68. The molecule has 2 nitrogen and oxygen atoms in total. The van der Waals surface area contributed by atoms with Gasteiger partial charge in [-0.05, 0) is 64.7 Å². The molecular weight excluding hydrogens is 292 g/mol. The van der Waals surface area contributed by atoms with E-state index < -0.39 is 0 Å². The van der Waals surface area contributed by atoms with Crippen molar-refractivity contribution in [2.45, 2.75) is 20.5 Å². The fourth-order valence-corrected chi connectivity index (χ4v) is 2.19. The summed E-state index contributed by atoms with van der Waals surface area (Å²) in [5.41, 5.74) is 3.20. The number of aliphatic hydroxyl groups excluding tert-OH is 1. The highest BCUT2D eigenvalue weighted by Crippen LogP contribution is 2.32. The third kappa shape index (κ3) is 2.74. The van der Waals surface area contributed by atoms with E-state index in [0.717, 1.165) is 27.1 Å². The van der Waals surface area contributed by atoms with Gasteiger partial charge >= 0.3 is 0 Å². The average Bonchev–Trinajstić information content (AvgIpc) is 2.37. The van der Waals surface area contributed by atoms with Gasteiger partial charge in [0.1, 0.15) is 11.5 Å². The number of aliphatic hydroxyl groups is 1. The molecule has 2 aromatic rings. The lowest BCUT2D eigenvalue weighted by Crippen LogP contribution is -1.92. The summed E-state index contributed by atoms with van der Waals surface area (Å²) in [7, 11) is 0. The lowest BCUT2D eigenvalue weighted by Gasteiger charge is -2.12. The fraction of sp³-hybridized carbons (Fsp3) is 0.200. The third-order valence-corrected chi connectivity index (χ3v) is 3.57. The maximum absolute atomic E-state index is 9.06. The normalized spacial score (nSPS) is 10.4. The molecule has 0 unspecified atom stereocenters. The summed E-state index contributed by atoms with van der Waals surface area (Å²) in [6.45, 7) is 4.13. The van der Waals surface area contributed by atoms with Gasteiger partial charge in [-0.3, -0.25) is 0 Å². The highest BCUT2D eigenvalue weighted by molar-refractivity contribution is 9.10. The number of hydrogen-bond acceptors (Lipinski definition) is 2. The van der Waals surface area contributed by atoms with Crippen LogP contribution in [-0.4, -0.2) is 5.11 Å². The van der Waals surface area contributed by atoms with Crippen LogP contribution in [0.2, 0.25) is 0 Å². The largest absolute Gasteiger partial charge is 0.456 e. The molecule has 0 aliphatic heterocycles. The van der Waals surface area contributed by atoms with Crippen molar-refractivity contribution in [3.63, 3.8) is 0 Å². The maximum atomic E-state index is 9.06. The van der Waals surface area contributed by atoms with E-state index in [1.807, 2.05) is 37.3 Å². The highest BCUT2D eigenvalue weighted by Gasteiger charge is 2.07. The Bertz CT molecular complexity index is 564. The molecule has 0 atom stereocenters. The van der Waals surface area contributed by atoms with E-state index in [2.05, 4.69) is 28.9 Å². The molecule has 94 valence electrons. The van der Waals surface area contributed by atoms with Crippen molar-refractivity contribution in [3.8, 4) is 11.5 Å². The van der Waals surface area contributed by atoms with Crippen molar-refractivity contribution in [2.24, 2.45) is 0 Å². The summed E-state index contributed by atoms with van der Waals surface area (Å²) in [5, 5.41) is 9.06. The Hall–Kier alpha value is -1.32. The predicted octanol–water partition coefficient (Wildman–Crippen LogP) is 4.35. The molecule has 0 aliphatic rings. The van der Waals surface area contributed by atoms with Gasteiger partial charge in [-0.15, -0.1) is 0 Å². The first-order valence-electron chi connectivity index (χ1n) is 5.75. The van der Waals surface area contributed by atoms with Gasteiger partial charge in [0, 0.05) is 0 Å². The van der Waals surface area contributed by atoms with Crippen molar-refractivity contribution in [1.82, 2.24) is 0 Å². The van der Waals surface area contributed by atoms with Crippen LogP contribution in [0.4, 0.5) is 0 Å². The molecule has 0 bridgehead atoms. The molecule has 0 aliphatic carbocycles.